The Morgan fingerprint density at radius 2 is 1.88 bits per heavy atom. The Labute approximate surface area is 140 Å². The van der Waals surface area contributed by atoms with Crippen molar-refractivity contribution in [1.29, 1.82) is 5.26 Å². The number of carbonyl (C=O) groups excluding carboxylic acids is 1. The molecule has 0 atom stereocenters. The summed E-state index contributed by atoms with van der Waals surface area (Å²) in [5, 5.41) is 9.54. The molecule has 0 spiro atoms. The van der Waals surface area contributed by atoms with Crippen LogP contribution in [0.1, 0.15) is 27.2 Å². The molecule has 5 nitrogen and oxygen atoms in total. The molecule has 24 heavy (non-hydrogen) atoms. The van der Waals surface area contributed by atoms with Crippen LogP contribution in [-0.4, -0.2) is 22.4 Å². The second kappa shape index (κ2) is 6.47. The third kappa shape index (κ3) is 2.82. The number of hydrogen-bond donors (Lipinski definition) is 0. The first kappa shape index (κ1) is 15.6. The van der Waals surface area contributed by atoms with Crippen molar-refractivity contribution >= 4 is 5.91 Å². The summed E-state index contributed by atoms with van der Waals surface area (Å²) in [6.07, 6.45) is 3.56. The molecule has 0 aliphatic rings. The lowest BCUT2D eigenvalue weighted by molar-refractivity contribution is 0.0783. The second-order valence-corrected chi connectivity index (χ2v) is 5.56. The number of benzene rings is 1. The predicted octanol–water partition coefficient (Wildman–Crippen LogP) is 3.52. The van der Waals surface area contributed by atoms with E-state index in [0.717, 1.165) is 5.56 Å². The van der Waals surface area contributed by atoms with E-state index in [9.17, 15) is 10.1 Å². The first-order valence-electron chi connectivity index (χ1n) is 7.58. The number of carbonyl (C=O) groups is 1. The van der Waals surface area contributed by atoms with Crippen LogP contribution in [-0.2, 0) is 6.54 Å². The summed E-state index contributed by atoms with van der Waals surface area (Å²) >= 11 is 0. The minimum absolute atomic E-state index is 0.227. The highest BCUT2D eigenvalue weighted by Gasteiger charge is 2.26. The average molecular weight is 319 g/mol. The monoisotopic (exact) mass is 319 g/mol. The lowest BCUT2D eigenvalue weighted by atomic mass is 10.1. The molecular weight excluding hydrogens is 302 g/mol. The Hall–Kier alpha value is -3.26. The van der Waals surface area contributed by atoms with E-state index >= 15 is 0 Å². The summed E-state index contributed by atoms with van der Waals surface area (Å²) < 4.78 is 7.39. The zero-order valence-electron chi connectivity index (χ0n) is 13.6. The van der Waals surface area contributed by atoms with E-state index in [-0.39, 0.29) is 11.5 Å². The summed E-state index contributed by atoms with van der Waals surface area (Å²) in [6.45, 7) is 2.17. The summed E-state index contributed by atoms with van der Waals surface area (Å²) in [7, 11) is 1.72. The van der Waals surface area contributed by atoms with Gasteiger partial charge in [0.05, 0.1) is 0 Å². The molecule has 0 radical (unpaired) electrons. The van der Waals surface area contributed by atoms with Crippen molar-refractivity contribution in [1.82, 2.24) is 9.47 Å². The van der Waals surface area contributed by atoms with Crippen LogP contribution in [0.2, 0.25) is 0 Å². The minimum atomic E-state index is -0.227. The van der Waals surface area contributed by atoms with Crippen molar-refractivity contribution in [3.05, 3.63) is 77.3 Å². The van der Waals surface area contributed by atoms with Crippen molar-refractivity contribution in [2.24, 2.45) is 0 Å². The van der Waals surface area contributed by atoms with Gasteiger partial charge in [-0.2, -0.15) is 5.26 Å². The normalized spacial score (nSPS) is 10.4. The van der Waals surface area contributed by atoms with Gasteiger partial charge in [-0.25, -0.2) is 0 Å². The van der Waals surface area contributed by atoms with E-state index < -0.39 is 0 Å². The maximum absolute atomic E-state index is 12.8. The van der Waals surface area contributed by atoms with Gasteiger partial charge in [0.1, 0.15) is 23.0 Å². The van der Waals surface area contributed by atoms with Gasteiger partial charge in [0.2, 0.25) is 5.88 Å². The molecule has 120 valence electrons. The molecule has 2 aromatic heterocycles. The Morgan fingerprint density at radius 3 is 2.50 bits per heavy atom. The second-order valence-electron chi connectivity index (χ2n) is 5.56. The fourth-order valence-electron chi connectivity index (χ4n) is 2.66. The molecule has 0 aliphatic heterocycles. The van der Waals surface area contributed by atoms with Crippen LogP contribution < -0.4 is 0 Å². The topological polar surface area (TPSA) is 62.2 Å². The highest BCUT2D eigenvalue weighted by molar-refractivity contribution is 5.98. The summed E-state index contributed by atoms with van der Waals surface area (Å²) in [6, 6.07) is 15.5. The predicted molar refractivity (Wildman–Crippen MR) is 89.7 cm³/mol. The number of aryl methyl sites for hydroxylation is 1. The molecule has 3 rings (SSSR count). The van der Waals surface area contributed by atoms with E-state index in [1.165, 1.54) is 0 Å². The van der Waals surface area contributed by atoms with E-state index in [1.807, 2.05) is 42.5 Å². The number of furan rings is 1. The number of rotatable bonds is 4. The molecule has 5 heteroatoms. The van der Waals surface area contributed by atoms with Gasteiger partial charge in [-0.1, -0.05) is 30.3 Å². The quantitative estimate of drug-likeness (QED) is 0.739. The number of amides is 1. The van der Waals surface area contributed by atoms with Gasteiger partial charge in [0.25, 0.3) is 5.91 Å². The van der Waals surface area contributed by atoms with Crippen molar-refractivity contribution in [3.63, 3.8) is 0 Å². The van der Waals surface area contributed by atoms with Crippen molar-refractivity contribution in [3.8, 4) is 12.0 Å². The highest BCUT2D eigenvalue weighted by Crippen LogP contribution is 2.26. The van der Waals surface area contributed by atoms with E-state index in [0.29, 0.717) is 23.8 Å². The Bertz CT molecular complexity index is 887. The van der Waals surface area contributed by atoms with Crippen LogP contribution in [0.3, 0.4) is 0 Å². The van der Waals surface area contributed by atoms with Gasteiger partial charge in [-0.15, -0.1) is 0 Å². The van der Waals surface area contributed by atoms with Crippen molar-refractivity contribution in [2.75, 3.05) is 7.05 Å². The van der Waals surface area contributed by atoms with Gasteiger partial charge in [-0.3, -0.25) is 9.36 Å². The summed E-state index contributed by atoms with van der Waals surface area (Å²) in [4.78, 5) is 14.4. The maximum Gasteiger partial charge on any atom is 0.258 e. The molecule has 0 bridgehead atoms. The minimum Gasteiger partial charge on any atom is -0.443 e. The van der Waals surface area contributed by atoms with Gasteiger partial charge < -0.3 is 9.32 Å². The summed E-state index contributed by atoms with van der Waals surface area (Å²) in [5.41, 5.74) is 1.60. The molecule has 0 saturated heterocycles. The molecular formula is C19H17N3O2. The number of nitriles is 1. The number of hydrogen-bond acceptors (Lipinski definition) is 3. The largest absolute Gasteiger partial charge is 0.443 e. The Morgan fingerprint density at radius 1 is 1.21 bits per heavy atom. The zero-order valence-corrected chi connectivity index (χ0v) is 13.6. The third-order valence-electron chi connectivity index (χ3n) is 3.84. The van der Waals surface area contributed by atoms with Crippen molar-refractivity contribution in [2.45, 2.75) is 13.5 Å². The SMILES string of the molecule is Cc1oc(-n2cccc2)c(C#N)c1C(=O)N(C)Cc1ccccc1. The standard InChI is InChI=1S/C19H17N3O2/c1-14-17(16(12-20)19(24-14)22-10-6-7-11-22)18(23)21(2)13-15-8-4-3-5-9-15/h3-11H,13H2,1-2H3. The van der Waals surface area contributed by atoms with Crippen LogP contribution >= 0.6 is 0 Å². The summed E-state index contributed by atoms with van der Waals surface area (Å²) in [5.74, 6) is 0.590. The van der Waals surface area contributed by atoms with Crippen LogP contribution in [0.25, 0.3) is 5.88 Å². The average Bonchev–Trinajstić information content (AvgIpc) is 3.22. The van der Waals surface area contributed by atoms with Gasteiger partial charge in [0.15, 0.2) is 0 Å². The molecule has 1 aromatic carbocycles. The van der Waals surface area contributed by atoms with E-state index in [2.05, 4.69) is 6.07 Å². The van der Waals surface area contributed by atoms with E-state index in [1.54, 1.807) is 35.8 Å². The molecule has 0 aliphatic carbocycles. The molecule has 0 saturated carbocycles. The first-order valence-corrected chi connectivity index (χ1v) is 7.58. The van der Waals surface area contributed by atoms with E-state index in [4.69, 9.17) is 4.42 Å². The molecule has 0 fully saturated rings. The van der Waals surface area contributed by atoms with Crippen LogP contribution in [0, 0.1) is 18.3 Å². The Balaban J connectivity index is 1.94. The lowest BCUT2D eigenvalue weighted by Crippen LogP contribution is -2.27. The third-order valence-corrected chi connectivity index (χ3v) is 3.84. The van der Waals surface area contributed by atoms with Gasteiger partial charge >= 0.3 is 0 Å². The fraction of sp³-hybridized carbons (Fsp3) is 0.158. The molecule has 1 amide bonds. The Kier molecular flexibility index (Phi) is 4.21. The highest BCUT2D eigenvalue weighted by atomic mass is 16.4. The molecule has 2 heterocycles. The molecule has 0 N–H and O–H groups in total. The number of aromatic nitrogens is 1. The maximum atomic E-state index is 12.8. The number of nitrogens with zero attached hydrogens (tertiary/aromatic N) is 3. The molecule has 3 aromatic rings. The molecule has 0 unspecified atom stereocenters. The smallest absolute Gasteiger partial charge is 0.258 e. The first-order chi connectivity index (χ1) is 11.6. The van der Waals surface area contributed by atoms with Crippen molar-refractivity contribution < 1.29 is 9.21 Å². The van der Waals surface area contributed by atoms with Gasteiger partial charge in [0, 0.05) is 26.0 Å². The lowest BCUT2D eigenvalue weighted by Gasteiger charge is -2.17. The van der Waals surface area contributed by atoms with Crippen LogP contribution in [0.5, 0.6) is 0 Å². The fourth-order valence-corrected chi connectivity index (χ4v) is 2.66. The van der Waals surface area contributed by atoms with Crippen LogP contribution in [0.15, 0.2) is 59.3 Å². The zero-order chi connectivity index (χ0) is 17.1. The van der Waals surface area contributed by atoms with Gasteiger partial charge in [-0.05, 0) is 24.6 Å². The van der Waals surface area contributed by atoms with Crippen LogP contribution in [0.4, 0.5) is 0 Å².